The van der Waals surface area contributed by atoms with Gasteiger partial charge in [0.15, 0.2) is 0 Å². The van der Waals surface area contributed by atoms with Gasteiger partial charge in [-0.1, -0.05) is 18.7 Å². The fourth-order valence-electron chi connectivity index (χ4n) is 1.58. The van der Waals surface area contributed by atoms with E-state index in [4.69, 9.17) is 0 Å². The zero-order valence-corrected chi connectivity index (χ0v) is 7.20. The van der Waals surface area contributed by atoms with Gasteiger partial charge in [0, 0.05) is 4.90 Å². The molecule has 1 heteroatoms. The molecule has 1 aliphatic carbocycles. The van der Waals surface area contributed by atoms with Crippen molar-refractivity contribution in [2.45, 2.75) is 17.7 Å². The molecule has 11 heavy (non-hydrogen) atoms. The number of hydrogen-bond donors (Lipinski definition) is 1. The summed E-state index contributed by atoms with van der Waals surface area (Å²) in [7, 11) is 0. The second kappa shape index (κ2) is 2.42. The van der Waals surface area contributed by atoms with Gasteiger partial charge in [0.25, 0.3) is 0 Å². The standard InChI is InChI=1S/C10H10S/c1-7-5-6-9-8(7)3-2-4-10(9)11/h2-4,11H,1,5-6H2. The lowest BCUT2D eigenvalue weighted by molar-refractivity contribution is 1.05. The van der Waals surface area contributed by atoms with E-state index in [0.717, 1.165) is 17.7 Å². The van der Waals surface area contributed by atoms with E-state index in [2.05, 4.69) is 25.3 Å². The molecule has 0 nitrogen and oxygen atoms in total. The van der Waals surface area contributed by atoms with Crippen LogP contribution in [0.2, 0.25) is 0 Å². The van der Waals surface area contributed by atoms with E-state index in [0.29, 0.717) is 0 Å². The summed E-state index contributed by atoms with van der Waals surface area (Å²) in [5.41, 5.74) is 3.95. The fraction of sp³-hybridized carbons (Fsp3) is 0.200. The highest BCUT2D eigenvalue weighted by Crippen LogP contribution is 2.33. The van der Waals surface area contributed by atoms with Gasteiger partial charge in [-0.3, -0.25) is 0 Å². The van der Waals surface area contributed by atoms with Crippen molar-refractivity contribution in [3.05, 3.63) is 35.9 Å². The highest BCUT2D eigenvalue weighted by Gasteiger charge is 2.15. The van der Waals surface area contributed by atoms with E-state index < -0.39 is 0 Å². The Bertz CT molecular complexity index is 313. The Kier molecular flexibility index (Phi) is 1.53. The van der Waals surface area contributed by atoms with Crippen LogP contribution < -0.4 is 0 Å². The van der Waals surface area contributed by atoms with Crippen LogP contribution in [0.3, 0.4) is 0 Å². The molecule has 56 valence electrons. The van der Waals surface area contributed by atoms with Crippen LogP contribution in [-0.2, 0) is 6.42 Å². The Morgan fingerprint density at radius 3 is 2.82 bits per heavy atom. The minimum absolute atomic E-state index is 1.10. The summed E-state index contributed by atoms with van der Waals surface area (Å²) in [6.07, 6.45) is 2.22. The van der Waals surface area contributed by atoms with Crippen LogP contribution in [0.15, 0.2) is 29.7 Å². The highest BCUT2D eigenvalue weighted by atomic mass is 32.1. The van der Waals surface area contributed by atoms with Gasteiger partial charge in [0.2, 0.25) is 0 Å². The molecule has 1 aliphatic rings. The molecule has 0 atom stereocenters. The third-order valence-electron chi connectivity index (χ3n) is 2.21. The second-order valence-corrected chi connectivity index (χ2v) is 3.39. The molecule has 0 saturated heterocycles. The van der Waals surface area contributed by atoms with Crippen molar-refractivity contribution in [2.24, 2.45) is 0 Å². The maximum atomic E-state index is 4.39. The quantitative estimate of drug-likeness (QED) is 0.557. The van der Waals surface area contributed by atoms with Crippen molar-refractivity contribution >= 4 is 18.2 Å². The molecule has 0 aromatic heterocycles. The monoisotopic (exact) mass is 162 g/mol. The van der Waals surface area contributed by atoms with Gasteiger partial charge in [-0.05, 0) is 35.6 Å². The van der Waals surface area contributed by atoms with Gasteiger partial charge in [-0.25, -0.2) is 0 Å². The maximum Gasteiger partial charge on any atom is 0.00782 e. The summed E-state index contributed by atoms with van der Waals surface area (Å²) in [5.74, 6) is 0. The Morgan fingerprint density at radius 2 is 2.09 bits per heavy atom. The lowest BCUT2D eigenvalue weighted by Gasteiger charge is -2.00. The van der Waals surface area contributed by atoms with E-state index in [-0.39, 0.29) is 0 Å². The molecular weight excluding hydrogens is 152 g/mol. The molecule has 0 saturated carbocycles. The number of thiol groups is 1. The van der Waals surface area contributed by atoms with E-state index in [9.17, 15) is 0 Å². The van der Waals surface area contributed by atoms with Crippen LogP contribution in [0.25, 0.3) is 5.57 Å². The van der Waals surface area contributed by atoms with Crippen molar-refractivity contribution in [3.8, 4) is 0 Å². The molecule has 1 aromatic carbocycles. The van der Waals surface area contributed by atoms with Crippen LogP contribution in [0.4, 0.5) is 0 Å². The van der Waals surface area contributed by atoms with E-state index >= 15 is 0 Å². The first-order valence-electron chi connectivity index (χ1n) is 3.78. The van der Waals surface area contributed by atoms with Crippen LogP contribution in [0.1, 0.15) is 17.5 Å². The van der Waals surface area contributed by atoms with Crippen LogP contribution in [-0.4, -0.2) is 0 Å². The summed E-state index contributed by atoms with van der Waals surface area (Å²) < 4.78 is 0. The maximum absolute atomic E-state index is 4.39. The molecule has 0 amide bonds. The molecule has 1 aromatic rings. The smallest absolute Gasteiger partial charge is 0.00782 e. The summed E-state index contributed by atoms with van der Waals surface area (Å²) in [6, 6.07) is 6.21. The first kappa shape index (κ1) is 6.99. The number of allylic oxidation sites excluding steroid dienone is 1. The third-order valence-corrected chi connectivity index (χ3v) is 2.63. The van der Waals surface area contributed by atoms with Crippen molar-refractivity contribution in [2.75, 3.05) is 0 Å². The average Bonchev–Trinajstić information content (AvgIpc) is 2.35. The van der Waals surface area contributed by atoms with Gasteiger partial charge in [-0.15, -0.1) is 12.6 Å². The van der Waals surface area contributed by atoms with Gasteiger partial charge in [0.1, 0.15) is 0 Å². The predicted octanol–water partition coefficient (Wildman–Crippen LogP) is 2.93. The Balaban J connectivity index is 2.66. The number of hydrogen-bond acceptors (Lipinski definition) is 1. The molecule has 0 unspecified atom stereocenters. The summed E-state index contributed by atoms with van der Waals surface area (Å²) >= 11 is 4.39. The molecule has 0 fully saturated rings. The highest BCUT2D eigenvalue weighted by molar-refractivity contribution is 7.80. The zero-order valence-electron chi connectivity index (χ0n) is 6.30. The number of fused-ring (bicyclic) bond motifs is 1. The van der Waals surface area contributed by atoms with E-state index in [1.54, 1.807) is 0 Å². The normalized spacial score (nSPS) is 15.2. The minimum atomic E-state index is 1.10. The third kappa shape index (κ3) is 1.000. The molecular formula is C10H10S. The van der Waals surface area contributed by atoms with Crippen LogP contribution >= 0.6 is 12.6 Å². The SMILES string of the molecule is C=C1CCc2c(S)cccc21. The van der Waals surface area contributed by atoms with E-state index in [1.807, 2.05) is 12.1 Å². The van der Waals surface area contributed by atoms with Crippen LogP contribution in [0, 0.1) is 0 Å². The summed E-state index contributed by atoms with van der Waals surface area (Å²) in [5, 5.41) is 0. The van der Waals surface area contributed by atoms with Crippen LogP contribution in [0.5, 0.6) is 0 Å². The molecule has 0 aliphatic heterocycles. The lowest BCUT2D eigenvalue weighted by Crippen LogP contribution is -1.81. The van der Waals surface area contributed by atoms with Crippen molar-refractivity contribution < 1.29 is 0 Å². The molecule has 0 heterocycles. The first-order chi connectivity index (χ1) is 5.29. The molecule has 0 radical (unpaired) electrons. The van der Waals surface area contributed by atoms with E-state index in [1.165, 1.54) is 16.7 Å². The Labute approximate surface area is 72.4 Å². The van der Waals surface area contributed by atoms with Crippen molar-refractivity contribution in [1.29, 1.82) is 0 Å². The fourth-order valence-corrected chi connectivity index (χ4v) is 1.90. The first-order valence-corrected chi connectivity index (χ1v) is 4.23. The average molecular weight is 162 g/mol. The number of benzene rings is 1. The van der Waals surface area contributed by atoms with Gasteiger partial charge in [-0.2, -0.15) is 0 Å². The molecule has 0 bridgehead atoms. The summed E-state index contributed by atoms with van der Waals surface area (Å²) in [4.78, 5) is 1.11. The van der Waals surface area contributed by atoms with Crippen molar-refractivity contribution in [3.63, 3.8) is 0 Å². The van der Waals surface area contributed by atoms with Gasteiger partial charge >= 0.3 is 0 Å². The summed E-state index contributed by atoms with van der Waals surface area (Å²) in [6.45, 7) is 4.00. The molecule has 2 rings (SSSR count). The number of rotatable bonds is 0. The second-order valence-electron chi connectivity index (χ2n) is 2.91. The topological polar surface area (TPSA) is 0 Å². The zero-order chi connectivity index (χ0) is 7.84. The minimum Gasteiger partial charge on any atom is -0.143 e. The predicted molar refractivity (Wildman–Crippen MR) is 51.0 cm³/mol. The Hall–Kier alpha value is -0.690. The largest absolute Gasteiger partial charge is 0.143 e. The molecule has 0 N–H and O–H groups in total. The molecule has 0 spiro atoms. The Morgan fingerprint density at radius 1 is 1.27 bits per heavy atom. The van der Waals surface area contributed by atoms with Gasteiger partial charge < -0.3 is 0 Å². The van der Waals surface area contributed by atoms with Crippen molar-refractivity contribution in [1.82, 2.24) is 0 Å². The lowest BCUT2D eigenvalue weighted by atomic mass is 10.1. The van der Waals surface area contributed by atoms with Gasteiger partial charge in [0.05, 0.1) is 0 Å².